The smallest absolute Gasteiger partial charge is 0.433 e. The summed E-state index contributed by atoms with van der Waals surface area (Å²) in [6.07, 6.45) is 1.40. The highest BCUT2D eigenvalue weighted by atomic mass is 35.5. The number of imidazole rings is 1. The Hall–Kier alpha value is -3.83. The van der Waals surface area contributed by atoms with Gasteiger partial charge in [0.2, 0.25) is 0 Å². The van der Waals surface area contributed by atoms with Gasteiger partial charge in [0.25, 0.3) is 5.78 Å². The Labute approximate surface area is 195 Å². The van der Waals surface area contributed by atoms with Crippen LogP contribution in [0.5, 0.6) is 5.75 Å². The van der Waals surface area contributed by atoms with E-state index in [2.05, 4.69) is 15.3 Å². The Morgan fingerprint density at radius 1 is 1.12 bits per heavy atom. The zero-order valence-corrected chi connectivity index (χ0v) is 18.4. The van der Waals surface area contributed by atoms with Gasteiger partial charge in [-0.1, -0.05) is 35.5 Å². The third-order valence-corrected chi connectivity index (χ3v) is 5.79. The number of hydrogen-bond donors (Lipinski definition) is 0. The Morgan fingerprint density at radius 2 is 1.91 bits per heavy atom. The number of para-hydroxylation sites is 2. The maximum atomic E-state index is 10.8. The molecule has 0 saturated heterocycles. The van der Waals surface area contributed by atoms with Crippen molar-refractivity contribution in [1.82, 2.24) is 19.3 Å². The molecule has 3 heterocycles. The molecule has 0 radical (unpaired) electrons. The SMILES string of the molecule is O=[N+]([O-])c1ccc(C=Nn2c3ccccc3n3c(SCCOc4ccc(Cl)cc4)nnc23)o1. The van der Waals surface area contributed by atoms with E-state index >= 15 is 0 Å². The largest absolute Gasteiger partial charge is 0.493 e. The third-order valence-electron chi connectivity index (χ3n) is 4.65. The van der Waals surface area contributed by atoms with Crippen LogP contribution >= 0.6 is 23.4 Å². The normalized spacial score (nSPS) is 11.7. The molecule has 0 bridgehead atoms. The molecule has 0 aliphatic rings. The van der Waals surface area contributed by atoms with Gasteiger partial charge in [0, 0.05) is 10.8 Å². The number of aromatic nitrogens is 4. The minimum absolute atomic E-state index is 0.256. The van der Waals surface area contributed by atoms with Crippen molar-refractivity contribution < 1.29 is 14.1 Å². The van der Waals surface area contributed by atoms with E-state index in [1.807, 2.05) is 40.8 Å². The number of nitro groups is 1. The van der Waals surface area contributed by atoms with Gasteiger partial charge in [-0.2, -0.15) is 9.78 Å². The van der Waals surface area contributed by atoms with E-state index in [1.54, 1.807) is 16.8 Å². The van der Waals surface area contributed by atoms with Crippen molar-refractivity contribution in [2.45, 2.75) is 5.16 Å². The second kappa shape index (κ2) is 8.96. The van der Waals surface area contributed by atoms with Gasteiger partial charge in [-0.3, -0.25) is 14.5 Å². The first-order valence-corrected chi connectivity index (χ1v) is 11.1. The maximum Gasteiger partial charge on any atom is 0.433 e. The predicted molar refractivity (Wildman–Crippen MR) is 125 cm³/mol. The molecule has 0 spiro atoms. The molecule has 2 aromatic carbocycles. The third kappa shape index (κ3) is 4.28. The van der Waals surface area contributed by atoms with E-state index in [4.69, 9.17) is 20.8 Å². The average molecular weight is 483 g/mol. The van der Waals surface area contributed by atoms with Crippen molar-refractivity contribution >= 4 is 52.3 Å². The van der Waals surface area contributed by atoms with Gasteiger partial charge in [0.1, 0.15) is 10.7 Å². The van der Waals surface area contributed by atoms with E-state index in [0.717, 1.165) is 16.8 Å². The molecule has 33 heavy (non-hydrogen) atoms. The molecular weight excluding hydrogens is 468 g/mol. The minimum atomic E-state index is -0.598. The van der Waals surface area contributed by atoms with Crippen LogP contribution in [0.3, 0.4) is 0 Å². The lowest BCUT2D eigenvalue weighted by atomic mass is 10.3. The van der Waals surface area contributed by atoms with Crippen LogP contribution in [0.25, 0.3) is 16.8 Å². The molecule has 5 rings (SSSR count). The molecule has 166 valence electrons. The second-order valence-corrected chi connectivity index (χ2v) is 8.25. The molecule has 10 nitrogen and oxygen atoms in total. The average Bonchev–Trinajstić information content (AvgIpc) is 3.52. The second-order valence-electron chi connectivity index (χ2n) is 6.75. The van der Waals surface area contributed by atoms with Crippen LogP contribution in [0.2, 0.25) is 5.02 Å². The summed E-state index contributed by atoms with van der Waals surface area (Å²) in [5, 5.41) is 25.2. The summed E-state index contributed by atoms with van der Waals surface area (Å²) in [5.41, 5.74) is 1.68. The lowest BCUT2D eigenvalue weighted by Crippen LogP contribution is -2.00. The molecule has 0 aliphatic carbocycles. The topological polar surface area (TPSA) is 113 Å². The van der Waals surface area contributed by atoms with Gasteiger partial charge >= 0.3 is 5.88 Å². The van der Waals surface area contributed by atoms with Gasteiger partial charge in [-0.15, -0.1) is 10.2 Å². The molecule has 0 aliphatic heterocycles. The number of fused-ring (bicyclic) bond motifs is 3. The highest BCUT2D eigenvalue weighted by molar-refractivity contribution is 7.99. The molecule has 3 aromatic heterocycles. The summed E-state index contributed by atoms with van der Waals surface area (Å²) in [6, 6.07) is 17.6. The maximum absolute atomic E-state index is 10.8. The number of thioether (sulfide) groups is 1. The van der Waals surface area contributed by atoms with Crippen LogP contribution in [0.4, 0.5) is 5.88 Å². The van der Waals surface area contributed by atoms with E-state index in [9.17, 15) is 10.1 Å². The molecule has 5 aromatic rings. The van der Waals surface area contributed by atoms with Gasteiger partial charge in [0.15, 0.2) is 10.9 Å². The molecule has 0 N–H and O–H groups in total. The van der Waals surface area contributed by atoms with E-state index in [0.29, 0.717) is 28.3 Å². The standard InChI is InChI=1S/C21H15ClN6O4S/c22-14-5-7-15(8-6-14)31-11-12-33-21-25-24-20-26(21)17-3-1-2-4-18(17)27(20)23-13-16-9-10-19(32-16)28(29)30/h1-10,13H,11-12H2. The molecule has 0 atom stereocenters. The highest BCUT2D eigenvalue weighted by Crippen LogP contribution is 2.26. The molecule has 0 fully saturated rings. The first-order chi connectivity index (χ1) is 16.1. The van der Waals surface area contributed by atoms with Crippen LogP contribution in [-0.4, -0.2) is 42.8 Å². The summed E-state index contributed by atoms with van der Waals surface area (Å²) in [7, 11) is 0. The lowest BCUT2D eigenvalue weighted by molar-refractivity contribution is -0.402. The van der Waals surface area contributed by atoms with E-state index in [-0.39, 0.29) is 11.6 Å². The van der Waals surface area contributed by atoms with Crippen molar-refractivity contribution in [2.24, 2.45) is 5.10 Å². The van der Waals surface area contributed by atoms with Crippen molar-refractivity contribution in [3.8, 4) is 5.75 Å². The summed E-state index contributed by atoms with van der Waals surface area (Å²) in [5.74, 6) is 1.82. The number of rotatable bonds is 8. The number of hydrogen-bond acceptors (Lipinski definition) is 8. The van der Waals surface area contributed by atoms with E-state index in [1.165, 1.54) is 30.1 Å². The lowest BCUT2D eigenvalue weighted by Gasteiger charge is -2.05. The van der Waals surface area contributed by atoms with Crippen LogP contribution in [0.1, 0.15) is 5.76 Å². The Morgan fingerprint density at radius 3 is 2.67 bits per heavy atom. The molecule has 0 amide bonds. The van der Waals surface area contributed by atoms with Crippen molar-refractivity contribution in [1.29, 1.82) is 0 Å². The number of nitrogens with zero attached hydrogens (tertiary/aromatic N) is 6. The Balaban J connectivity index is 1.38. The molecule has 0 unspecified atom stereocenters. The van der Waals surface area contributed by atoms with Crippen molar-refractivity contribution in [3.63, 3.8) is 0 Å². The minimum Gasteiger partial charge on any atom is -0.493 e. The predicted octanol–water partition coefficient (Wildman–Crippen LogP) is 4.89. The van der Waals surface area contributed by atoms with Gasteiger partial charge in [-0.05, 0) is 42.5 Å². The van der Waals surface area contributed by atoms with Crippen LogP contribution < -0.4 is 4.74 Å². The molecular formula is C21H15ClN6O4S. The summed E-state index contributed by atoms with van der Waals surface area (Å²) >= 11 is 7.40. The van der Waals surface area contributed by atoms with Crippen LogP contribution in [0.15, 0.2) is 75.3 Å². The van der Waals surface area contributed by atoms with Gasteiger partial charge in [0.05, 0.1) is 29.9 Å². The van der Waals surface area contributed by atoms with E-state index < -0.39 is 4.92 Å². The number of ether oxygens (including phenoxy) is 1. The van der Waals surface area contributed by atoms with Crippen molar-refractivity contribution in [3.05, 3.63) is 81.6 Å². The van der Waals surface area contributed by atoms with Crippen molar-refractivity contribution in [2.75, 3.05) is 12.4 Å². The first-order valence-electron chi connectivity index (χ1n) is 9.74. The molecule has 12 heteroatoms. The Bertz CT molecular complexity index is 1470. The number of benzene rings is 2. The fourth-order valence-electron chi connectivity index (χ4n) is 3.21. The Kier molecular flexibility index (Phi) is 5.71. The first kappa shape index (κ1) is 21.0. The molecule has 0 saturated carbocycles. The number of halogens is 1. The fraction of sp³-hybridized carbons (Fsp3) is 0.0952. The quantitative estimate of drug-likeness (QED) is 0.102. The van der Waals surface area contributed by atoms with Gasteiger partial charge < -0.3 is 9.15 Å². The van der Waals surface area contributed by atoms with Gasteiger partial charge in [-0.25, -0.2) is 0 Å². The number of furan rings is 1. The fourth-order valence-corrected chi connectivity index (χ4v) is 4.09. The zero-order valence-electron chi connectivity index (χ0n) is 16.9. The monoisotopic (exact) mass is 482 g/mol. The zero-order chi connectivity index (χ0) is 22.8. The van der Waals surface area contributed by atoms with Crippen LogP contribution in [-0.2, 0) is 0 Å². The summed E-state index contributed by atoms with van der Waals surface area (Å²) in [6.45, 7) is 0.481. The van der Waals surface area contributed by atoms with Crippen LogP contribution in [0, 0.1) is 10.1 Å². The summed E-state index contributed by atoms with van der Waals surface area (Å²) < 4.78 is 14.4. The highest BCUT2D eigenvalue weighted by Gasteiger charge is 2.17. The summed E-state index contributed by atoms with van der Waals surface area (Å²) in [4.78, 5) is 10.2.